The summed E-state index contributed by atoms with van der Waals surface area (Å²) in [5.74, 6) is 0.0613. The number of hydrogen-bond donors (Lipinski definition) is 0. The number of nitrogens with zero attached hydrogens (tertiary/aromatic N) is 2. The number of benzene rings is 4. The second-order valence-electron chi connectivity index (χ2n) is 14.1. The van der Waals surface area contributed by atoms with E-state index in [1.54, 1.807) is 72.9 Å². The highest BCUT2D eigenvalue weighted by molar-refractivity contribution is 5.95. The van der Waals surface area contributed by atoms with E-state index in [4.69, 9.17) is 38.2 Å². The van der Waals surface area contributed by atoms with Gasteiger partial charge in [-0.1, -0.05) is 32.2 Å². The Balaban J connectivity index is 1.19. The van der Waals surface area contributed by atoms with Crippen molar-refractivity contribution in [2.75, 3.05) is 33.0 Å². The topological polar surface area (TPSA) is 167 Å². The highest BCUT2D eigenvalue weighted by Crippen LogP contribution is 2.23. The molecule has 0 atom stereocenters. The lowest BCUT2D eigenvalue weighted by atomic mass is 10.1. The summed E-state index contributed by atoms with van der Waals surface area (Å²) in [4.78, 5) is 58.9. The molecule has 0 unspecified atom stereocenters. The van der Waals surface area contributed by atoms with E-state index in [2.05, 4.69) is 23.4 Å². The molecular weight excluding hydrogens is 821 g/mol. The minimum atomic E-state index is -0.565. The van der Waals surface area contributed by atoms with Gasteiger partial charge < -0.3 is 33.3 Å². The summed E-state index contributed by atoms with van der Waals surface area (Å²) < 4.78 is 32.4. The molecule has 0 amide bonds. The molecule has 0 aromatic heterocycles. The third-order valence-corrected chi connectivity index (χ3v) is 9.06. The molecule has 0 radical (unpaired) electrons. The lowest BCUT2D eigenvalue weighted by Gasteiger charge is -2.11. The van der Waals surface area contributed by atoms with Gasteiger partial charge in [-0.15, -0.1) is 0 Å². The fraction of sp³-hybridized carbons (Fsp3) is 0.320. The number of carbonyl (C=O) groups is 4. The maximum absolute atomic E-state index is 12.9. The van der Waals surface area contributed by atoms with Gasteiger partial charge in [-0.3, -0.25) is 0 Å². The van der Waals surface area contributed by atoms with Crippen molar-refractivity contribution in [2.45, 2.75) is 71.3 Å². The first-order valence-electron chi connectivity index (χ1n) is 21.3. The Kier molecular flexibility index (Phi) is 22.7. The summed E-state index contributed by atoms with van der Waals surface area (Å²) in [5, 5.41) is 8.25. The first kappa shape index (κ1) is 49.6. The van der Waals surface area contributed by atoms with Crippen molar-refractivity contribution in [1.82, 2.24) is 0 Å². The largest absolute Gasteiger partial charge is 0.494 e. The average Bonchev–Trinajstić information content (AvgIpc) is 3.32. The van der Waals surface area contributed by atoms with Crippen LogP contribution in [-0.4, -0.2) is 69.3 Å². The number of rotatable bonds is 30. The van der Waals surface area contributed by atoms with Crippen molar-refractivity contribution in [3.05, 3.63) is 144 Å². The van der Waals surface area contributed by atoms with E-state index in [1.807, 2.05) is 31.2 Å². The van der Waals surface area contributed by atoms with Crippen LogP contribution in [0.1, 0.15) is 102 Å². The lowest BCUT2D eigenvalue weighted by molar-refractivity contribution is -0.217. The van der Waals surface area contributed by atoms with Crippen molar-refractivity contribution >= 4 is 36.3 Å². The molecule has 0 N–H and O–H groups in total. The van der Waals surface area contributed by atoms with Crippen LogP contribution in [0.25, 0.3) is 0 Å². The number of unbranched alkanes of at least 4 members (excludes halogenated alkanes) is 6. The number of hydrogen-bond acceptors (Lipinski definition) is 14. The lowest BCUT2D eigenvalue weighted by Crippen LogP contribution is -2.10. The molecule has 4 rings (SSSR count). The van der Waals surface area contributed by atoms with E-state index in [0.717, 1.165) is 80.4 Å². The van der Waals surface area contributed by atoms with E-state index in [-0.39, 0.29) is 24.5 Å². The van der Waals surface area contributed by atoms with Gasteiger partial charge in [-0.2, -0.15) is 15.1 Å². The Morgan fingerprint density at radius 3 is 1.62 bits per heavy atom. The number of esters is 4. The molecule has 4 aromatic carbocycles. The highest BCUT2D eigenvalue weighted by Gasteiger charge is 2.16. The Morgan fingerprint density at radius 2 is 1.06 bits per heavy atom. The summed E-state index contributed by atoms with van der Waals surface area (Å²) in [5.41, 5.74) is 2.69. The Hall–Kier alpha value is -7.06. The van der Waals surface area contributed by atoms with E-state index < -0.39 is 23.9 Å². The summed E-state index contributed by atoms with van der Waals surface area (Å²) in [6.07, 6.45) is 13.1. The van der Waals surface area contributed by atoms with Crippen molar-refractivity contribution in [3.63, 3.8) is 0 Å². The molecule has 0 fully saturated rings. The molecule has 0 saturated heterocycles. The van der Waals surface area contributed by atoms with Crippen LogP contribution in [0.2, 0.25) is 0 Å². The predicted molar refractivity (Wildman–Crippen MR) is 242 cm³/mol. The van der Waals surface area contributed by atoms with Crippen LogP contribution in [0.4, 0.5) is 0 Å². The predicted octanol–water partition coefficient (Wildman–Crippen LogP) is 9.77. The van der Waals surface area contributed by atoms with Crippen molar-refractivity contribution < 1.29 is 57.4 Å². The standard InChI is InChI=1S/C50H56N2O12/c1-4-29-61-50(56)45-34-40(19-28-46(45)64-62-37-39-17-22-42(23-18-39)57-30-11-7-9-13-32-59-47(53)5-2)36-52-51-35-38-15-24-44(25-16-38)63-49(55)41-20-26-43(27-21-41)58-31-12-8-10-14-33-60-48(54)6-3/h5-6,15-28,34-36H,2-4,7-14,29-33,37H2,1H3/b51-35+,52-36+. The fourth-order valence-electron chi connectivity index (χ4n) is 5.61. The van der Waals surface area contributed by atoms with Crippen molar-refractivity contribution in [3.8, 4) is 23.0 Å². The van der Waals surface area contributed by atoms with Crippen LogP contribution in [0.3, 0.4) is 0 Å². The molecule has 4 aromatic rings. The molecule has 0 bridgehead atoms. The van der Waals surface area contributed by atoms with Crippen LogP contribution in [0, 0.1) is 0 Å². The summed E-state index contributed by atoms with van der Waals surface area (Å²) in [7, 11) is 0. The van der Waals surface area contributed by atoms with Crippen molar-refractivity contribution in [1.29, 1.82) is 0 Å². The van der Waals surface area contributed by atoms with Crippen molar-refractivity contribution in [2.24, 2.45) is 10.2 Å². The molecular formula is C50H56N2O12. The van der Waals surface area contributed by atoms with E-state index in [1.165, 1.54) is 6.21 Å². The fourth-order valence-corrected chi connectivity index (χ4v) is 5.61. The van der Waals surface area contributed by atoms with Gasteiger partial charge in [0.2, 0.25) is 0 Å². The van der Waals surface area contributed by atoms with Gasteiger partial charge in [0.1, 0.15) is 29.4 Å². The Labute approximate surface area is 374 Å². The Morgan fingerprint density at radius 1 is 0.547 bits per heavy atom. The Bertz CT molecular complexity index is 2130. The smallest absolute Gasteiger partial charge is 0.343 e. The molecule has 0 heterocycles. The van der Waals surface area contributed by atoms with Crippen LogP contribution in [0.15, 0.2) is 127 Å². The first-order valence-corrected chi connectivity index (χ1v) is 21.3. The molecule has 338 valence electrons. The van der Waals surface area contributed by atoms with Gasteiger partial charge >= 0.3 is 23.9 Å². The van der Waals surface area contributed by atoms with Gasteiger partial charge in [0.05, 0.1) is 51.0 Å². The molecule has 64 heavy (non-hydrogen) atoms. The van der Waals surface area contributed by atoms with Crippen LogP contribution >= 0.6 is 0 Å². The zero-order valence-electron chi connectivity index (χ0n) is 36.3. The second kappa shape index (κ2) is 29.3. The van der Waals surface area contributed by atoms with E-state index in [9.17, 15) is 19.2 Å². The van der Waals surface area contributed by atoms with Crippen LogP contribution in [0.5, 0.6) is 23.0 Å². The minimum Gasteiger partial charge on any atom is -0.494 e. The highest BCUT2D eigenvalue weighted by atomic mass is 17.2. The zero-order valence-corrected chi connectivity index (χ0v) is 36.3. The zero-order chi connectivity index (χ0) is 45.6. The van der Waals surface area contributed by atoms with Gasteiger partial charge in [-0.05, 0) is 153 Å². The average molecular weight is 877 g/mol. The van der Waals surface area contributed by atoms with Gasteiger partial charge in [-0.25, -0.2) is 19.2 Å². The normalized spacial score (nSPS) is 10.9. The van der Waals surface area contributed by atoms with Gasteiger partial charge in [0.15, 0.2) is 5.75 Å². The molecule has 0 aliphatic rings. The summed E-state index contributed by atoms with van der Waals surface area (Å²) in [6.45, 7) is 10.9. The first-order chi connectivity index (χ1) is 31.3. The minimum absolute atomic E-state index is 0.120. The van der Waals surface area contributed by atoms with E-state index >= 15 is 0 Å². The quantitative estimate of drug-likeness (QED) is 0.00712. The molecule has 14 heteroatoms. The second-order valence-corrected chi connectivity index (χ2v) is 14.1. The maximum atomic E-state index is 12.9. The molecule has 0 spiro atoms. The van der Waals surface area contributed by atoms with Gasteiger partial charge in [0.25, 0.3) is 0 Å². The van der Waals surface area contributed by atoms with Crippen LogP contribution < -0.4 is 19.1 Å². The monoisotopic (exact) mass is 876 g/mol. The van der Waals surface area contributed by atoms with E-state index in [0.29, 0.717) is 55.5 Å². The third kappa shape index (κ3) is 19.3. The van der Waals surface area contributed by atoms with Gasteiger partial charge in [0, 0.05) is 12.2 Å². The number of ether oxygens (including phenoxy) is 6. The SMILES string of the molecule is C=CC(=O)OCCCCCCOc1ccc(COOc2ccc(/C=N/N=C/c3ccc(OC(=O)c4ccc(OCCCCCCOC(=O)C=C)cc4)cc3)cc2C(=O)OCCC)cc1. The molecule has 0 aliphatic carbocycles. The molecule has 0 aliphatic heterocycles. The summed E-state index contributed by atoms with van der Waals surface area (Å²) >= 11 is 0. The number of carbonyl (C=O) groups excluding carboxylic acids is 4. The molecule has 14 nitrogen and oxygen atoms in total. The molecule has 0 saturated carbocycles. The van der Waals surface area contributed by atoms with Crippen LogP contribution in [-0.2, 0) is 35.3 Å². The third-order valence-electron chi connectivity index (χ3n) is 9.06. The summed E-state index contributed by atoms with van der Waals surface area (Å²) in [6, 6.07) is 25.9. The maximum Gasteiger partial charge on any atom is 0.343 e.